The summed E-state index contributed by atoms with van der Waals surface area (Å²) in [7, 11) is 0. The minimum absolute atomic E-state index is 0.731. The molecular weight excluding hydrogens is 220 g/mol. The number of hydrogen-bond donors (Lipinski definition) is 1. The Morgan fingerprint density at radius 2 is 2.00 bits per heavy atom. The van der Waals surface area contributed by atoms with E-state index < -0.39 is 0 Å². The van der Waals surface area contributed by atoms with Crippen LogP contribution >= 0.6 is 0 Å². The van der Waals surface area contributed by atoms with Gasteiger partial charge in [-0.1, -0.05) is 30.3 Å². The van der Waals surface area contributed by atoms with Crippen molar-refractivity contribution in [2.24, 2.45) is 11.7 Å². The predicted molar refractivity (Wildman–Crippen MR) is 77.6 cm³/mol. The van der Waals surface area contributed by atoms with Crippen molar-refractivity contribution in [1.82, 2.24) is 4.90 Å². The maximum atomic E-state index is 5.76. The summed E-state index contributed by atoms with van der Waals surface area (Å²) in [6.07, 6.45) is 5.09. The van der Waals surface area contributed by atoms with E-state index in [1.165, 1.54) is 44.3 Å². The molecule has 2 rings (SSSR count). The zero-order valence-corrected chi connectivity index (χ0v) is 11.5. The Morgan fingerprint density at radius 3 is 2.67 bits per heavy atom. The van der Waals surface area contributed by atoms with Gasteiger partial charge in [0.05, 0.1) is 0 Å². The standard InChI is InChI=1S/C16H26N2/c1-14-11-16(12-17)13-18(14)10-6-5-9-15-7-3-2-4-8-15/h2-4,7-8,14,16H,5-6,9-13,17H2,1H3. The minimum atomic E-state index is 0.731. The molecule has 0 spiro atoms. The van der Waals surface area contributed by atoms with Crippen LogP contribution in [-0.4, -0.2) is 30.6 Å². The molecule has 0 bridgehead atoms. The molecule has 2 N–H and O–H groups in total. The Hall–Kier alpha value is -0.860. The maximum Gasteiger partial charge on any atom is 0.00706 e. The molecule has 2 atom stereocenters. The monoisotopic (exact) mass is 246 g/mol. The van der Waals surface area contributed by atoms with Gasteiger partial charge < -0.3 is 10.6 Å². The maximum absolute atomic E-state index is 5.76. The van der Waals surface area contributed by atoms with Crippen LogP contribution in [0, 0.1) is 5.92 Å². The molecule has 0 radical (unpaired) electrons. The molecule has 0 aliphatic carbocycles. The van der Waals surface area contributed by atoms with Crippen molar-refractivity contribution >= 4 is 0 Å². The van der Waals surface area contributed by atoms with E-state index in [0.717, 1.165) is 18.5 Å². The van der Waals surface area contributed by atoms with Crippen LogP contribution in [0.25, 0.3) is 0 Å². The fraction of sp³-hybridized carbons (Fsp3) is 0.625. The highest BCUT2D eigenvalue weighted by atomic mass is 15.2. The molecule has 1 aliphatic heterocycles. The lowest BCUT2D eigenvalue weighted by Crippen LogP contribution is -2.29. The van der Waals surface area contributed by atoms with E-state index in [4.69, 9.17) is 5.73 Å². The van der Waals surface area contributed by atoms with Crippen LogP contribution in [0.2, 0.25) is 0 Å². The molecule has 1 aromatic rings. The van der Waals surface area contributed by atoms with Gasteiger partial charge in [0, 0.05) is 12.6 Å². The normalized spacial score (nSPS) is 24.6. The van der Waals surface area contributed by atoms with Crippen LogP contribution in [0.3, 0.4) is 0 Å². The van der Waals surface area contributed by atoms with Crippen molar-refractivity contribution in [3.63, 3.8) is 0 Å². The number of nitrogens with zero attached hydrogens (tertiary/aromatic N) is 1. The van der Waals surface area contributed by atoms with Gasteiger partial charge in [0.2, 0.25) is 0 Å². The highest BCUT2D eigenvalue weighted by Crippen LogP contribution is 2.22. The molecule has 1 aromatic carbocycles. The molecule has 1 saturated heterocycles. The van der Waals surface area contributed by atoms with Crippen LogP contribution < -0.4 is 5.73 Å². The van der Waals surface area contributed by atoms with Crippen LogP contribution in [0.1, 0.15) is 31.7 Å². The second kappa shape index (κ2) is 6.91. The van der Waals surface area contributed by atoms with E-state index in [9.17, 15) is 0 Å². The van der Waals surface area contributed by atoms with E-state index >= 15 is 0 Å². The number of rotatable bonds is 6. The molecule has 0 amide bonds. The Labute approximate surface area is 111 Å². The van der Waals surface area contributed by atoms with Gasteiger partial charge in [0.1, 0.15) is 0 Å². The average molecular weight is 246 g/mol. The fourth-order valence-electron chi connectivity index (χ4n) is 2.99. The van der Waals surface area contributed by atoms with Crippen LogP contribution in [0.5, 0.6) is 0 Å². The summed E-state index contributed by atoms with van der Waals surface area (Å²) in [5, 5.41) is 0. The Morgan fingerprint density at radius 1 is 1.22 bits per heavy atom. The van der Waals surface area contributed by atoms with Crippen molar-refractivity contribution < 1.29 is 0 Å². The highest BCUT2D eigenvalue weighted by molar-refractivity contribution is 5.14. The van der Waals surface area contributed by atoms with Gasteiger partial charge in [-0.3, -0.25) is 0 Å². The smallest absolute Gasteiger partial charge is 0.00706 e. The summed E-state index contributed by atoms with van der Waals surface area (Å²) in [6.45, 7) is 5.64. The first kappa shape index (κ1) is 13.6. The fourth-order valence-corrected chi connectivity index (χ4v) is 2.99. The molecule has 1 heterocycles. The van der Waals surface area contributed by atoms with Gasteiger partial charge >= 0.3 is 0 Å². The first-order valence-corrected chi connectivity index (χ1v) is 7.27. The number of likely N-dealkylation sites (tertiary alicyclic amines) is 1. The number of aryl methyl sites for hydroxylation is 1. The van der Waals surface area contributed by atoms with Crippen molar-refractivity contribution in [3.05, 3.63) is 35.9 Å². The molecule has 18 heavy (non-hydrogen) atoms. The van der Waals surface area contributed by atoms with E-state index in [1.807, 2.05) is 0 Å². The lowest BCUT2D eigenvalue weighted by Gasteiger charge is -2.20. The number of nitrogens with two attached hydrogens (primary N) is 1. The van der Waals surface area contributed by atoms with E-state index in [1.54, 1.807) is 0 Å². The average Bonchev–Trinajstić information content (AvgIpc) is 2.77. The van der Waals surface area contributed by atoms with Gasteiger partial charge in [-0.25, -0.2) is 0 Å². The zero-order chi connectivity index (χ0) is 12.8. The van der Waals surface area contributed by atoms with Crippen LogP contribution in [-0.2, 0) is 6.42 Å². The number of hydrogen-bond acceptors (Lipinski definition) is 2. The summed E-state index contributed by atoms with van der Waals surface area (Å²) < 4.78 is 0. The van der Waals surface area contributed by atoms with E-state index in [2.05, 4.69) is 42.2 Å². The minimum Gasteiger partial charge on any atom is -0.330 e. The van der Waals surface area contributed by atoms with Crippen molar-refractivity contribution in [1.29, 1.82) is 0 Å². The van der Waals surface area contributed by atoms with Gasteiger partial charge in [0.15, 0.2) is 0 Å². The summed E-state index contributed by atoms with van der Waals surface area (Å²) in [5.74, 6) is 0.731. The van der Waals surface area contributed by atoms with Crippen molar-refractivity contribution in [3.8, 4) is 0 Å². The highest BCUT2D eigenvalue weighted by Gasteiger charge is 2.27. The van der Waals surface area contributed by atoms with Gasteiger partial charge in [0.25, 0.3) is 0 Å². The summed E-state index contributed by atoms with van der Waals surface area (Å²) in [6, 6.07) is 11.5. The SMILES string of the molecule is CC1CC(CN)CN1CCCCc1ccccc1. The topological polar surface area (TPSA) is 29.3 Å². The Balaban J connectivity index is 1.64. The first-order chi connectivity index (χ1) is 8.79. The summed E-state index contributed by atoms with van der Waals surface area (Å²) in [5.41, 5.74) is 7.23. The number of benzene rings is 1. The van der Waals surface area contributed by atoms with Crippen molar-refractivity contribution in [2.75, 3.05) is 19.6 Å². The van der Waals surface area contributed by atoms with Crippen molar-refractivity contribution in [2.45, 2.75) is 38.6 Å². The molecular formula is C16H26N2. The molecule has 100 valence electrons. The molecule has 0 aromatic heterocycles. The summed E-state index contributed by atoms with van der Waals surface area (Å²) in [4.78, 5) is 2.61. The Bertz CT molecular complexity index is 336. The Kier molecular flexibility index (Phi) is 5.21. The lowest BCUT2D eigenvalue weighted by atomic mass is 10.1. The van der Waals surface area contributed by atoms with E-state index in [-0.39, 0.29) is 0 Å². The third kappa shape index (κ3) is 3.82. The summed E-state index contributed by atoms with van der Waals surface area (Å²) >= 11 is 0. The quantitative estimate of drug-likeness (QED) is 0.782. The second-order valence-electron chi connectivity index (χ2n) is 5.62. The third-order valence-electron chi connectivity index (χ3n) is 4.13. The van der Waals surface area contributed by atoms with Crippen LogP contribution in [0.15, 0.2) is 30.3 Å². The largest absolute Gasteiger partial charge is 0.330 e. The van der Waals surface area contributed by atoms with Gasteiger partial charge in [-0.2, -0.15) is 0 Å². The number of unbranched alkanes of at least 4 members (excludes halogenated alkanes) is 1. The lowest BCUT2D eigenvalue weighted by molar-refractivity contribution is 0.259. The zero-order valence-electron chi connectivity index (χ0n) is 11.5. The van der Waals surface area contributed by atoms with Crippen LogP contribution in [0.4, 0.5) is 0 Å². The van der Waals surface area contributed by atoms with Gasteiger partial charge in [-0.05, 0) is 57.2 Å². The van der Waals surface area contributed by atoms with E-state index in [0.29, 0.717) is 0 Å². The first-order valence-electron chi connectivity index (χ1n) is 7.27. The molecule has 2 nitrogen and oxygen atoms in total. The second-order valence-corrected chi connectivity index (χ2v) is 5.62. The molecule has 0 saturated carbocycles. The molecule has 2 heteroatoms. The third-order valence-corrected chi connectivity index (χ3v) is 4.13. The molecule has 1 aliphatic rings. The predicted octanol–water partition coefficient (Wildman–Crippen LogP) is 2.68. The molecule has 1 fully saturated rings. The van der Waals surface area contributed by atoms with Gasteiger partial charge in [-0.15, -0.1) is 0 Å². The molecule has 2 unspecified atom stereocenters.